The first-order chi connectivity index (χ1) is 11.4. The van der Waals surface area contributed by atoms with Gasteiger partial charge in [-0.3, -0.25) is 14.4 Å². The lowest BCUT2D eigenvalue weighted by atomic mass is 9.77. The van der Waals surface area contributed by atoms with E-state index in [9.17, 15) is 19.5 Å². The van der Waals surface area contributed by atoms with Crippen LogP contribution >= 0.6 is 11.3 Å². The average Bonchev–Trinajstić information content (AvgIpc) is 3.07. The highest BCUT2D eigenvalue weighted by atomic mass is 32.1. The van der Waals surface area contributed by atoms with Crippen molar-refractivity contribution in [2.24, 2.45) is 5.92 Å². The molecule has 2 aliphatic rings. The molecule has 2 amide bonds. The highest BCUT2D eigenvalue weighted by Crippen LogP contribution is 2.37. The monoisotopic (exact) mass is 350 g/mol. The second-order valence-electron chi connectivity index (χ2n) is 6.63. The van der Waals surface area contributed by atoms with E-state index in [1.165, 1.54) is 4.88 Å². The lowest BCUT2D eigenvalue weighted by Crippen LogP contribution is -2.56. The summed E-state index contributed by atoms with van der Waals surface area (Å²) in [7, 11) is 0. The third-order valence-corrected chi connectivity index (χ3v) is 6.33. The molecule has 24 heavy (non-hydrogen) atoms. The van der Waals surface area contributed by atoms with Crippen molar-refractivity contribution in [3.63, 3.8) is 0 Å². The van der Waals surface area contributed by atoms with E-state index in [1.807, 2.05) is 19.2 Å². The molecule has 0 bridgehead atoms. The van der Waals surface area contributed by atoms with Crippen LogP contribution in [0, 0.1) is 12.8 Å². The molecule has 130 valence electrons. The highest BCUT2D eigenvalue weighted by Gasteiger charge is 2.52. The lowest BCUT2D eigenvalue weighted by Gasteiger charge is -2.41. The Bertz CT molecular complexity index is 689. The standard InChI is InChI=1S/C17H22N2O4S/c1-3-11-10(2)24-9-12(11)15(21)19-6-4-17(5-7-19)13(16(22)23)8-14(20)18-17/h9,13H,3-8H2,1-2H3,(H,18,20)(H,22,23)/t13-/m0/s1. The Morgan fingerprint density at radius 2 is 2.08 bits per heavy atom. The van der Waals surface area contributed by atoms with Crippen molar-refractivity contribution in [3.8, 4) is 0 Å². The van der Waals surface area contributed by atoms with Crippen molar-refractivity contribution < 1.29 is 19.5 Å². The van der Waals surface area contributed by atoms with Gasteiger partial charge in [-0.25, -0.2) is 0 Å². The van der Waals surface area contributed by atoms with Crippen LogP contribution < -0.4 is 5.32 Å². The number of aliphatic carboxylic acids is 1. The first-order valence-corrected chi connectivity index (χ1v) is 9.16. The van der Waals surface area contributed by atoms with E-state index < -0.39 is 17.4 Å². The first-order valence-electron chi connectivity index (χ1n) is 8.28. The number of hydrogen-bond donors (Lipinski definition) is 2. The Balaban J connectivity index is 1.74. The molecule has 3 rings (SSSR count). The summed E-state index contributed by atoms with van der Waals surface area (Å²) in [5, 5.41) is 14.2. The quantitative estimate of drug-likeness (QED) is 0.870. The Morgan fingerprint density at radius 3 is 2.67 bits per heavy atom. The molecule has 2 aliphatic heterocycles. The molecule has 1 spiro atoms. The molecule has 1 atom stereocenters. The van der Waals surface area contributed by atoms with Crippen molar-refractivity contribution in [3.05, 3.63) is 21.4 Å². The fraction of sp³-hybridized carbons (Fsp3) is 0.588. The van der Waals surface area contributed by atoms with E-state index in [0.29, 0.717) is 25.9 Å². The maximum atomic E-state index is 12.8. The number of nitrogens with one attached hydrogen (secondary N) is 1. The zero-order valence-electron chi connectivity index (χ0n) is 13.9. The van der Waals surface area contributed by atoms with Crippen molar-refractivity contribution in [2.75, 3.05) is 13.1 Å². The van der Waals surface area contributed by atoms with Crippen molar-refractivity contribution >= 4 is 29.1 Å². The van der Waals surface area contributed by atoms with Gasteiger partial charge in [0.15, 0.2) is 0 Å². The second kappa shape index (κ2) is 6.20. The molecule has 0 aromatic carbocycles. The molecule has 2 saturated heterocycles. The van der Waals surface area contributed by atoms with E-state index in [1.54, 1.807) is 16.2 Å². The number of carbonyl (C=O) groups excluding carboxylic acids is 2. The normalized spacial score (nSPS) is 22.7. The zero-order chi connectivity index (χ0) is 17.5. The van der Waals surface area contributed by atoms with Gasteiger partial charge in [-0.05, 0) is 31.7 Å². The van der Waals surface area contributed by atoms with Crippen molar-refractivity contribution in [1.29, 1.82) is 0 Å². The molecule has 0 unspecified atom stereocenters. The first kappa shape index (κ1) is 17.0. The number of rotatable bonds is 3. The summed E-state index contributed by atoms with van der Waals surface area (Å²) in [6, 6.07) is 0. The summed E-state index contributed by atoms with van der Waals surface area (Å²) in [6.45, 7) is 5.02. The Labute approximate surface area is 144 Å². The predicted molar refractivity (Wildman–Crippen MR) is 90.2 cm³/mol. The van der Waals surface area contributed by atoms with Gasteiger partial charge in [0, 0.05) is 29.8 Å². The number of piperidine rings is 1. The predicted octanol–water partition coefficient (Wildman–Crippen LogP) is 1.81. The van der Waals surface area contributed by atoms with Crippen LogP contribution in [0.15, 0.2) is 5.38 Å². The van der Waals surface area contributed by atoms with Gasteiger partial charge < -0.3 is 15.3 Å². The molecule has 0 radical (unpaired) electrons. The summed E-state index contributed by atoms with van der Waals surface area (Å²) in [5.41, 5.74) is 1.17. The van der Waals surface area contributed by atoms with Gasteiger partial charge in [0.25, 0.3) is 5.91 Å². The van der Waals surface area contributed by atoms with Gasteiger partial charge in [-0.2, -0.15) is 0 Å². The van der Waals surface area contributed by atoms with Gasteiger partial charge in [-0.1, -0.05) is 6.92 Å². The van der Waals surface area contributed by atoms with Crippen LogP contribution in [0.5, 0.6) is 0 Å². The Hall–Kier alpha value is -1.89. The maximum Gasteiger partial charge on any atom is 0.309 e. The molecule has 2 N–H and O–H groups in total. The lowest BCUT2D eigenvalue weighted by molar-refractivity contribution is -0.144. The molecule has 3 heterocycles. The number of carboxylic acid groups (broad SMARTS) is 1. The largest absolute Gasteiger partial charge is 0.481 e. The number of thiophene rings is 1. The average molecular weight is 350 g/mol. The molecule has 1 aromatic rings. The number of aryl methyl sites for hydroxylation is 1. The van der Waals surface area contributed by atoms with Crippen molar-refractivity contribution in [2.45, 2.75) is 45.1 Å². The Morgan fingerprint density at radius 1 is 1.42 bits per heavy atom. The summed E-state index contributed by atoms with van der Waals surface area (Å²) >= 11 is 1.59. The SMILES string of the molecule is CCc1c(C(=O)N2CCC3(CC2)NC(=O)C[C@H]3C(=O)O)csc1C. The maximum absolute atomic E-state index is 12.8. The molecular weight excluding hydrogens is 328 g/mol. The van der Waals surface area contributed by atoms with Crippen LogP contribution in [0.25, 0.3) is 0 Å². The zero-order valence-corrected chi connectivity index (χ0v) is 14.7. The van der Waals surface area contributed by atoms with E-state index >= 15 is 0 Å². The van der Waals surface area contributed by atoms with Gasteiger partial charge in [0.1, 0.15) is 0 Å². The number of carboxylic acids is 1. The van der Waals surface area contributed by atoms with E-state index in [4.69, 9.17) is 0 Å². The van der Waals surface area contributed by atoms with Crippen LogP contribution in [0.2, 0.25) is 0 Å². The van der Waals surface area contributed by atoms with Crippen LogP contribution in [-0.4, -0.2) is 46.4 Å². The van der Waals surface area contributed by atoms with Gasteiger partial charge >= 0.3 is 5.97 Å². The summed E-state index contributed by atoms with van der Waals surface area (Å²) < 4.78 is 0. The number of nitrogens with zero attached hydrogens (tertiary/aromatic N) is 1. The molecule has 6 nitrogen and oxygen atoms in total. The number of likely N-dealkylation sites (tertiary alicyclic amines) is 1. The summed E-state index contributed by atoms with van der Waals surface area (Å²) in [6.07, 6.45) is 1.84. The number of amides is 2. The van der Waals surface area contributed by atoms with Crippen LogP contribution in [-0.2, 0) is 16.0 Å². The molecule has 0 saturated carbocycles. The number of hydrogen-bond acceptors (Lipinski definition) is 4. The number of carbonyl (C=O) groups is 3. The molecule has 7 heteroatoms. The van der Waals surface area contributed by atoms with Crippen LogP contribution in [0.3, 0.4) is 0 Å². The Kier molecular flexibility index (Phi) is 4.38. The minimum Gasteiger partial charge on any atom is -0.481 e. The summed E-state index contributed by atoms with van der Waals surface area (Å²) in [5.74, 6) is -1.82. The van der Waals surface area contributed by atoms with Crippen LogP contribution in [0.4, 0.5) is 0 Å². The molecule has 0 aliphatic carbocycles. The van der Waals surface area contributed by atoms with Gasteiger partial charge in [0.2, 0.25) is 5.91 Å². The smallest absolute Gasteiger partial charge is 0.309 e. The third kappa shape index (κ3) is 2.70. The van der Waals surface area contributed by atoms with E-state index in [-0.39, 0.29) is 18.2 Å². The highest BCUT2D eigenvalue weighted by molar-refractivity contribution is 7.10. The fourth-order valence-corrected chi connectivity index (χ4v) is 4.91. The summed E-state index contributed by atoms with van der Waals surface area (Å²) in [4.78, 5) is 38.9. The van der Waals surface area contributed by atoms with Crippen LogP contribution in [0.1, 0.15) is 47.0 Å². The van der Waals surface area contributed by atoms with Gasteiger partial charge in [0.05, 0.1) is 17.0 Å². The minimum absolute atomic E-state index is 0.0160. The van der Waals surface area contributed by atoms with Gasteiger partial charge in [-0.15, -0.1) is 11.3 Å². The topological polar surface area (TPSA) is 86.7 Å². The fourth-order valence-electron chi connectivity index (χ4n) is 3.97. The molecule has 2 fully saturated rings. The minimum atomic E-state index is -0.935. The van der Waals surface area contributed by atoms with Crippen molar-refractivity contribution in [1.82, 2.24) is 10.2 Å². The molecule has 1 aromatic heterocycles. The second-order valence-corrected chi connectivity index (χ2v) is 7.71. The van der Waals surface area contributed by atoms with E-state index in [0.717, 1.165) is 17.5 Å². The molecular formula is C17H22N2O4S. The van der Waals surface area contributed by atoms with E-state index in [2.05, 4.69) is 5.32 Å². The third-order valence-electron chi connectivity index (χ3n) is 5.37.